The average Bonchev–Trinajstić information content (AvgIpc) is 2.03. The molecule has 1 amide bonds. The fourth-order valence-corrected chi connectivity index (χ4v) is 1.41. The molecule has 0 atom stereocenters. The lowest BCUT2D eigenvalue weighted by molar-refractivity contribution is -0.121. The Bertz CT molecular complexity index is 171. The van der Waals surface area contributed by atoms with Gasteiger partial charge in [0.1, 0.15) is 0 Å². The predicted molar refractivity (Wildman–Crippen MR) is 55.7 cm³/mol. The summed E-state index contributed by atoms with van der Waals surface area (Å²) in [5.41, 5.74) is 0. The second-order valence-electron chi connectivity index (χ2n) is 2.79. The van der Waals surface area contributed by atoms with Crippen LogP contribution in [-0.2, 0) is 9.59 Å². The molecule has 4 heteroatoms. The van der Waals surface area contributed by atoms with Gasteiger partial charge >= 0.3 is 0 Å². The molecular formula is C9H17NO2S. The van der Waals surface area contributed by atoms with E-state index in [2.05, 4.69) is 5.32 Å². The monoisotopic (exact) mass is 203 g/mol. The summed E-state index contributed by atoms with van der Waals surface area (Å²) in [5, 5.41) is 2.93. The van der Waals surface area contributed by atoms with Gasteiger partial charge < -0.3 is 5.32 Å². The molecule has 0 aromatic heterocycles. The molecule has 3 nitrogen and oxygen atoms in total. The van der Waals surface area contributed by atoms with E-state index in [1.165, 1.54) is 11.8 Å². The van der Waals surface area contributed by atoms with Gasteiger partial charge in [0.2, 0.25) is 5.91 Å². The van der Waals surface area contributed by atoms with Crippen molar-refractivity contribution in [1.29, 1.82) is 0 Å². The van der Waals surface area contributed by atoms with Crippen LogP contribution < -0.4 is 5.32 Å². The highest BCUT2D eigenvalue weighted by Crippen LogP contribution is 2.01. The Hall–Kier alpha value is -0.510. The third kappa shape index (κ3) is 9.40. The van der Waals surface area contributed by atoms with Crippen LogP contribution in [0.2, 0.25) is 0 Å². The zero-order valence-electron chi connectivity index (χ0n) is 8.26. The molecule has 0 aliphatic carbocycles. The van der Waals surface area contributed by atoms with Gasteiger partial charge in [0, 0.05) is 25.6 Å². The topological polar surface area (TPSA) is 46.2 Å². The summed E-state index contributed by atoms with van der Waals surface area (Å²) in [5.74, 6) is 0.900. The average molecular weight is 203 g/mol. The minimum Gasteiger partial charge on any atom is -0.356 e. The minimum absolute atomic E-state index is 0.107. The van der Waals surface area contributed by atoms with Crippen molar-refractivity contribution in [2.45, 2.75) is 33.1 Å². The van der Waals surface area contributed by atoms with Crippen molar-refractivity contribution < 1.29 is 9.59 Å². The quantitative estimate of drug-likeness (QED) is 0.667. The van der Waals surface area contributed by atoms with E-state index < -0.39 is 0 Å². The molecular weight excluding hydrogens is 186 g/mol. The Morgan fingerprint density at radius 2 is 2.08 bits per heavy atom. The van der Waals surface area contributed by atoms with Crippen molar-refractivity contribution in [3.8, 4) is 0 Å². The van der Waals surface area contributed by atoms with Crippen LogP contribution in [0.4, 0.5) is 0 Å². The number of hydrogen-bond acceptors (Lipinski definition) is 3. The van der Waals surface area contributed by atoms with Gasteiger partial charge in [0.05, 0.1) is 0 Å². The van der Waals surface area contributed by atoms with E-state index in [1.54, 1.807) is 6.92 Å². The third-order valence-electron chi connectivity index (χ3n) is 1.43. The second kappa shape index (κ2) is 8.10. The van der Waals surface area contributed by atoms with Crippen molar-refractivity contribution in [3.05, 3.63) is 0 Å². The maximum Gasteiger partial charge on any atom is 0.219 e. The first kappa shape index (κ1) is 12.5. The number of carbonyl (C=O) groups excluding carboxylic acids is 2. The van der Waals surface area contributed by atoms with E-state index in [1.807, 2.05) is 6.92 Å². The Morgan fingerprint density at radius 1 is 1.38 bits per heavy atom. The van der Waals surface area contributed by atoms with Gasteiger partial charge in [-0.2, -0.15) is 0 Å². The molecule has 0 saturated heterocycles. The molecule has 0 aromatic rings. The maximum atomic E-state index is 11.0. The molecule has 1 N–H and O–H groups in total. The van der Waals surface area contributed by atoms with Crippen molar-refractivity contribution in [1.82, 2.24) is 5.32 Å². The predicted octanol–water partition coefficient (Wildman–Crippen LogP) is 1.57. The smallest absolute Gasteiger partial charge is 0.219 e. The Kier molecular flexibility index (Phi) is 7.79. The largest absolute Gasteiger partial charge is 0.356 e. The molecule has 0 heterocycles. The molecule has 76 valence electrons. The van der Waals surface area contributed by atoms with E-state index in [-0.39, 0.29) is 11.0 Å². The van der Waals surface area contributed by atoms with Crippen LogP contribution >= 0.6 is 11.8 Å². The van der Waals surface area contributed by atoms with Crippen molar-refractivity contribution >= 4 is 22.8 Å². The molecule has 0 radical (unpaired) electrons. The lowest BCUT2D eigenvalue weighted by atomic mass is 10.3. The molecule has 0 unspecified atom stereocenters. The standard InChI is InChI=1S/C9H17NO2S/c1-3-5-9(12)10-6-4-7-13-8(2)11/h3-7H2,1-2H3,(H,10,12). The zero-order valence-corrected chi connectivity index (χ0v) is 9.08. The molecule has 13 heavy (non-hydrogen) atoms. The van der Waals surface area contributed by atoms with Crippen LogP contribution in [0.25, 0.3) is 0 Å². The molecule has 0 aliphatic rings. The van der Waals surface area contributed by atoms with Crippen molar-refractivity contribution in [3.63, 3.8) is 0 Å². The van der Waals surface area contributed by atoms with E-state index in [0.29, 0.717) is 13.0 Å². The highest BCUT2D eigenvalue weighted by Gasteiger charge is 1.98. The van der Waals surface area contributed by atoms with Crippen molar-refractivity contribution in [2.24, 2.45) is 0 Å². The first-order valence-corrected chi connectivity index (χ1v) is 5.55. The van der Waals surface area contributed by atoms with Gasteiger partial charge in [-0.1, -0.05) is 18.7 Å². The van der Waals surface area contributed by atoms with Gasteiger partial charge in [-0.15, -0.1) is 0 Å². The SMILES string of the molecule is CCCC(=O)NCCCSC(C)=O. The van der Waals surface area contributed by atoms with E-state index in [0.717, 1.165) is 18.6 Å². The molecule has 0 aromatic carbocycles. The first-order chi connectivity index (χ1) is 6.16. The fourth-order valence-electron chi connectivity index (χ4n) is 0.831. The maximum absolute atomic E-state index is 11.0. The number of hydrogen-bond donors (Lipinski definition) is 1. The number of nitrogens with one attached hydrogen (secondary N) is 1. The Morgan fingerprint density at radius 3 is 2.62 bits per heavy atom. The van der Waals surface area contributed by atoms with E-state index in [4.69, 9.17) is 0 Å². The first-order valence-electron chi connectivity index (χ1n) is 4.57. The number of thioether (sulfide) groups is 1. The van der Waals surface area contributed by atoms with Crippen LogP contribution in [0.15, 0.2) is 0 Å². The fraction of sp³-hybridized carbons (Fsp3) is 0.778. The summed E-state index contributed by atoms with van der Waals surface area (Å²) in [6.07, 6.45) is 2.34. The summed E-state index contributed by atoms with van der Waals surface area (Å²) in [7, 11) is 0. The summed E-state index contributed by atoms with van der Waals surface area (Å²) < 4.78 is 0. The Balaban J connectivity index is 3.16. The molecule has 0 aliphatic heterocycles. The number of amides is 1. The van der Waals surface area contributed by atoms with Crippen LogP contribution in [0.3, 0.4) is 0 Å². The Labute approximate surface area is 83.7 Å². The summed E-state index contributed by atoms with van der Waals surface area (Å²) in [4.78, 5) is 21.5. The van der Waals surface area contributed by atoms with Gasteiger partial charge in [-0.25, -0.2) is 0 Å². The summed E-state index contributed by atoms with van der Waals surface area (Å²) in [6.45, 7) is 4.21. The zero-order chi connectivity index (χ0) is 10.1. The van der Waals surface area contributed by atoms with E-state index in [9.17, 15) is 9.59 Å². The normalized spacial score (nSPS) is 9.69. The lowest BCUT2D eigenvalue weighted by Gasteiger charge is -2.02. The third-order valence-corrected chi connectivity index (χ3v) is 2.32. The summed E-state index contributed by atoms with van der Waals surface area (Å²) >= 11 is 1.31. The molecule has 0 fully saturated rings. The van der Waals surface area contributed by atoms with E-state index >= 15 is 0 Å². The number of carbonyl (C=O) groups is 2. The van der Waals surface area contributed by atoms with Gasteiger partial charge in [-0.3, -0.25) is 9.59 Å². The lowest BCUT2D eigenvalue weighted by Crippen LogP contribution is -2.24. The van der Waals surface area contributed by atoms with Crippen LogP contribution in [0.1, 0.15) is 33.1 Å². The van der Waals surface area contributed by atoms with Crippen LogP contribution in [0, 0.1) is 0 Å². The highest BCUT2D eigenvalue weighted by atomic mass is 32.2. The van der Waals surface area contributed by atoms with Crippen molar-refractivity contribution in [2.75, 3.05) is 12.3 Å². The molecule has 0 saturated carbocycles. The minimum atomic E-state index is 0.107. The van der Waals surface area contributed by atoms with Crippen LogP contribution in [0.5, 0.6) is 0 Å². The number of rotatable bonds is 6. The highest BCUT2D eigenvalue weighted by molar-refractivity contribution is 8.13. The molecule has 0 rings (SSSR count). The summed E-state index contributed by atoms with van der Waals surface area (Å²) in [6, 6.07) is 0. The van der Waals surface area contributed by atoms with Gasteiger partial charge in [-0.05, 0) is 12.8 Å². The molecule has 0 spiro atoms. The van der Waals surface area contributed by atoms with Gasteiger partial charge in [0.15, 0.2) is 5.12 Å². The van der Waals surface area contributed by atoms with Gasteiger partial charge in [0.25, 0.3) is 0 Å². The van der Waals surface area contributed by atoms with Crippen LogP contribution in [-0.4, -0.2) is 23.3 Å². The second-order valence-corrected chi connectivity index (χ2v) is 4.07. The molecule has 0 bridgehead atoms.